The Morgan fingerprint density at radius 1 is 1.29 bits per heavy atom. The molecule has 3 N–H and O–H groups in total. The van der Waals surface area contributed by atoms with E-state index in [2.05, 4.69) is 26.1 Å². The topological polar surface area (TPSA) is 73.6 Å². The Bertz CT molecular complexity index is 509. The van der Waals surface area contributed by atoms with Gasteiger partial charge in [0.25, 0.3) is 0 Å². The third kappa shape index (κ3) is 4.11. The predicted octanol–water partition coefficient (Wildman–Crippen LogP) is 1.83. The molecule has 0 aliphatic rings. The molecule has 1 aromatic rings. The summed E-state index contributed by atoms with van der Waals surface area (Å²) < 4.78 is 11.1. The number of hydrogen-bond donors (Lipinski definition) is 2. The predicted molar refractivity (Wildman–Crippen MR) is 83.8 cm³/mol. The summed E-state index contributed by atoms with van der Waals surface area (Å²) >= 11 is 0. The minimum atomic E-state index is -0.908. The third-order valence-corrected chi connectivity index (χ3v) is 3.61. The molecule has 0 aliphatic heterocycles. The summed E-state index contributed by atoms with van der Waals surface area (Å²) in [5, 5.41) is 2.90. The Labute approximate surface area is 126 Å². The first-order chi connectivity index (χ1) is 9.64. The van der Waals surface area contributed by atoms with Crippen LogP contribution in [-0.4, -0.2) is 32.2 Å². The minimum Gasteiger partial charge on any atom is -0.497 e. The van der Waals surface area contributed by atoms with Crippen molar-refractivity contribution >= 4 is 5.91 Å². The third-order valence-electron chi connectivity index (χ3n) is 3.61. The van der Waals surface area contributed by atoms with Crippen LogP contribution in [0.15, 0.2) is 18.2 Å². The highest BCUT2D eigenvalue weighted by Gasteiger charge is 2.31. The average molecular weight is 294 g/mol. The van der Waals surface area contributed by atoms with Gasteiger partial charge in [-0.1, -0.05) is 20.8 Å². The number of carbonyl (C=O) groups is 1. The van der Waals surface area contributed by atoms with E-state index in [-0.39, 0.29) is 12.0 Å². The fourth-order valence-corrected chi connectivity index (χ4v) is 1.84. The lowest BCUT2D eigenvalue weighted by atomic mass is 9.86. The van der Waals surface area contributed by atoms with Crippen molar-refractivity contribution in [1.29, 1.82) is 0 Å². The van der Waals surface area contributed by atoms with Crippen molar-refractivity contribution < 1.29 is 14.3 Å². The molecule has 5 nitrogen and oxygen atoms in total. The monoisotopic (exact) mass is 294 g/mol. The normalized spacial score (nSPS) is 14.4. The molecule has 21 heavy (non-hydrogen) atoms. The number of likely N-dealkylation sites (N-methyl/N-ethyl adjacent to an activating group) is 1. The van der Waals surface area contributed by atoms with Gasteiger partial charge in [-0.05, 0) is 37.6 Å². The summed E-state index contributed by atoms with van der Waals surface area (Å²) in [4.78, 5) is 11.5. The molecule has 1 atom stereocenters. The maximum atomic E-state index is 11.5. The summed E-state index contributed by atoms with van der Waals surface area (Å²) in [7, 11) is 3.32. The van der Waals surface area contributed by atoms with Gasteiger partial charge in [-0.2, -0.15) is 0 Å². The van der Waals surface area contributed by atoms with Crippen LogP contribution in [-0.2, 0) is 10.2 Å². The zero-order valence-corrected chi connectivity index (χ0v) is 13.7. The fraction of sp³-hybridized carbons (Fsp3) is 0.562. The van der Waals surface area contributed by atoms with Crippen molar-refractivity contribution in [2.45, 2.75) is 38.6 Å². The number of methoxy groups -OCH3 is 1. The molecule has 0 saturated heterocycles. The summed E-state index contributed by atoms with van der Waals surface area (Å²) in [5.41, 5.74) is 5.42. The lowest BCUT2D eigenvalue weighted by Gasteiger charge is -2.28. The summed E-state index contributed by atoms with van der Waals surface area (Å²) in [6.07, 6.45) is 0. The van der Waals surface area contributed by atoms with Gasteiger partial charge in [0.15, 0.2) is 0 Å². The maximum absolute atomic E-state index is 11.5. The molecule has 118 valence electrons. The smallest absolute Gasteiger partial charge is 0.240 e. The Hall–Kier alpha value is -1.75. The summed E-state index contributed by atoms with van der Waals surface area (Å²) in [6, 6.07) is 5.65. The van der Waals surface area contributed by atoms with E-state index in [1.165, 1.54) is 0 Å². The van der Waals surface area contributed by atoms with Crippen molar-refractivity contribution in [1.82, 2.24) is 5.32 Å². The van der Waals surface area contributed by atoms with Crippen LogP contribution in [0.4, 0.5) is 0 Å². The molecular formula is C16H26N2O3. The molecular weight excluding hydrogens is 268 g/mol. The van der Waals surface area contributed by atoms with E-state index in [1.807, 2.05) is 18.2 Å². The quantitative estimate of drug-likeness (QED) is 0.839. The van der Waals surface area contributed by atoms with Gasteiger partial charge in [-0.15, -0.1) is 0 Å². The lowest BCUT2D eigenvalue weighted by molar-refractivity contribution is -0.124. The van der Waals surface area contributed by atoms with Gasteiger partial charge >= 0.3 is 0 Å². The molecule has 5 heteroatoms. The molecule has 0 aliphatic carbocycles. The Kier molecular flexibility index (Phi) is 5.23. The molecule has 0 fully saturated rings. The van der Waals surface area contributed by atoms with Gasteiger partial charge in [0.05, 0.1) is 7.11 Å². The van der Waals surface area contributed by atoms with Gasteiger partial charge in [0, 0.05) is 5.56 Å². The molecule has 0 bridgehead atoms. The van der Waals surface area contributed by atoms with Gasteiger partial charge in [0.1, 0.15) is 23.6 Å². The van der Waals surface area contributed by atoms with Crippen LogP contribution in [0, 0.1) is 0 Å². The number of benzene rings is 1. The standard InChI is InChI=1S/C16H26N2O3/c1-15(2,3)12-9-11(20-6)7-8-13(12)21-10-16(4,18-5)14(17)19/h7-9,18H,10H2,1-6H3,(H2,17,19). The molecule has 0 heterocycles. The number of primary amides is 1. The lowest BCUT2D eigenvalue weighted by Crippen LogP contribution is -2.55. The number of amides is 1. The molecule has 0 aromatic heterocycles. The van der Waals surface area contributed by atoms with Crippen LogP contribution in [0.25, 0.3) is 0 Å². The summed E-state index contributed by atoms with van der Waals surface area (Å²) in [5.74, 6) is 1.06. The number of hydrogen-bond acceptors (Lipinski definition) is 4. The average Bonchev–Trinajstić information content (AvgIpc) is 2.43. The van der Waals surface area contributed by atoms with Crippen LogP contribution in [0.2, 0.25) is 0 Å². The first-order valence-corrected chi connectivity index (χ1v) is 6.94. The van der Waals surface area contributed by atoms with E-state index >= 15 is 0 Å². The van der Waals surface area contributed by atoms with Gasteiger partial charge in [-0.3, -0.25) is 4.79 Å². The van der Waals surface area contributed by atoms with Gasteiger partial charge in [-0.25, -0.2) is 0 Å². The molecule has 0 saturated carbocycles. The Morgan fingerprint density at radius 3 is 2.33 bits per heavy atom. The van der Waals surface area contributed by atoms with E-state index in [4.69, 9.17) is 15.2 Å². The molecule has 1 rings (SSSR count). The molecule has 1 unspecified atom stereocenters. The molecule has 1 aromatic carbocycles. The SMILES string of the molecule is CNC(C)(COc1ccc(OC)cc1C(C)(C)C)C(N)=O. The van der Waals surface area contributed by atoms with Crippen molar-refractivity contribution in [3.63, 3.8) is 0 Å². The largest absolute Gasteiger partial charge is 0.497 e. The second-order valence-electron chi connectivity index (χ2n) is 6.35. The highest BCUT2D eigenvalue weighted by Crippen LogP contribution is 2.34. The van der Waals surface area contributed by atoms with E-state index in [0.717, 1.165) is 17.1 Å². The number of carbonyl (C=O) groups excluding carboxylic acids is 1. The second kappa shape index (κ2) is 6.35. The molecule has 1 amide bonds. The number of ether oxygens (including phenoxy) is 2. The van der Waals surface area contributed by atoms with Crippen molar-refractivity contribution in [2.75, 3.05) is 20.8 Å². The van der Waals surface area contributed by atoms with Crippen molar-refractivity contribution in [3.05, 3.63) is 23.8 Å². The number of rotatable bonds is 6. The van der Waals surface area contributed by atoms with Crippen molar-refractivity contribution in [2.24, 2.45) is 5.73 Å². The minimum absolute atomic E-state index is 0.105. The Morgan fingerprint density at radius 2 is 1.90 bits per heavy atom. The highest BCUT2D eigenvalue weighted by molar-refractivity contribution is 5.84. The van der Waals surface area contributed by atoms with Crippen LogP contribution in [0.5, 0.6) is 11.5 Å². The van der Waals surface area contributed by atoms with Gasteiger partial charge in [0.2, 0.25) is 5.91 Å². The van der Waals surface area contributed by atoms with Crippen molar-refractivity contribution in [3.8, 4) is 11.5 Å². The fourth-order valence-electron chi connectivity index (χ4n) is 1.84. The maximum Gasteiger partial charge on any atom is 0.240 e. The molecule has 0 radical (unpaired) electrons. The second-order valence-corrected chi connectivity index (χ2v) is 6.35. The number of nitrogens with two attached hydrogens (primary N) is 1. The van der Waals surface area contributed by atoms with E-state index in [9.17, 15) is 4.79 Å². The number of nitrogens with one attached hydrogen (secondary N) is 1. The van der Waals surface area contributed by atoms with Gasteiger partial charge < -0.3 is 20.5 Å². The van der Waals surface area contributed by atoms with E-state index < -0.39 is 11.4 Å². The first kappa shape index (κ1) is 17.3. The van der Waals surface area contributed by atoms with E-state index in [0.29, 0.717) is 0 Å². The first-order valence-electron chi connectivity index (χ1n) is 6.94. The summed E-state index contributed by atoms with van der Waals surface area (Å²) in [6.45, 7) is 8.17. The molecule has 0 spiro atoms. The van der Waals surface area contributed by atoms with E-state index in [1.54, 1.807) is 21.1 Å². The zero-order chi connectivity index (χ0) is 16.3. The van der Waals surface area contributed by atoms with Crippen LogP contribution >= 0.6 is 0 Å². The zero-order valence-electron chi connectivity index (χ0n) is 13.7. The van der Waals surface area contributed by atoms with Crippen LogP contribution in [0.1, 0.15) is 33.3 Å². The Balaban J connectivity index is 3.06. The van der Waals surface area contributed by atoms with Crippen LogP contribution < -0.4 is 20.5 Å². The highest BCUT2D eigenvalue weighted by atomic mass is 16.5. The van der Waals surface area contributed by atoms with Crippen LogP contribution in [0.3, 0.4) is 0 Å².